The lowest BCUT2D eigenvalue weighted by Crippen LogP contribution is -2.44. The predicted molar refractivity (Wildman–Crippen MR) is 91.9 cm³/mol. The molecule has 2 atom stereocenters. The van der Waals surface area contributed by atoms with Crippen LogP contribution in [0.3, 0.4) is 0 Å². The summed E-state index contributed by atoms with van der Waals surface area (Å²) in [5.74, 6) is 0.796. The van der Waals surface area contributed by atoms with Crippen molar-refractivity contribution in [1.29, 1.82) is 0 Å². The largest absolute Gasteiger partial charge is 0.493 e. The zero-order valence-electron chi connectivity index (χ0n) is 13.0. The molecular formula is C17H26N2OS. The first-order valence-corrected chi connectivity index (χ1v) is 8.28. The summed E-state index contributed by atoms with van der Waals surface area (Å²) in [7, 11) is 0. The summed E-state index contributed by atoms with van der Waals surface area (Å²) >= 11 is 5.05. The molecule has 1 aromatic rings. The zero-order chi connectivity index (χ0) is 15.2. The monoisotopic (exact) mass is 306 g/mol. The van der Waals surface area contributed by atoms with Gasteiger partial charge in [-0.25, -0.2) is 0 Å². The smallest absolute Gasteiger partial charge is 0.129 e. The third-order valence-electron chi connectivity index (χ3n) is 4.35. The number of likely N-dealkylation sites (tertiary alicyclic amines) is 1. The number of nitrogens with two attached hydrogens (primary N) is 1. The predicted octanol–water partition coefficient (Wildman–Crippen LogP) is 3.35. The number of benzene rings is 1. The quantitative estimate of drug-likeness (QED) is 0.646. The Kier molecular flexibility index (Phi) is 6.00. The lowest BCUT2D eigenvalue weighted by Gasteiger charge is -2.39. The van der Waals surface area contributed by atoms with E-state index < -0.39 is 0 Å². The van der Waals surface area contributed by atoms with Crippen LogP contribution in [0.4, 0.5) is 0 Å². The zero-order valence-corrected chi connectivity index (χ0v) is 13.9. The number of hydrogen-bond acceptors (Lipinski definition) is 3. The molecule has 0 aromatic heterocycles. The van der Waals surface area contributed by atoms with E-state index in [9.17, 15) is 0 Å². The molecule has 0 aliphatic carbocycles. The van der Waals surface area contributed by atoms with Crippen molar-refractivity contribution in [2.24, 2.45) is 5.73 Å². The van der Waals surface area contributed by atoms with Crippen molar-refractivity contribution >= 4 is 17.2 Å². The van der Waals surface area contributed by atoms with Gasteiger partial charge in [0.25, 0.3) is 0 Å². The molecule has 4 heteroatoms. The van der Waals surface area contributed by atoms with Gasteiger partial charge in [-0.05, 0) is 45.2 Å². The summed E-state index contributed by atoms with van der Waals surface area (Å²) in [5.41, 5.74) is 6.54. The van der Waals surface area contributed by atoms with Gasteiger partial charge in [0.1, 0.15) is 10.7 Å². The van der Waals surface area contributed by atoms with Gasteiger partial charge in [0.05, 0.1) is 12.2 Å². The maximum absolute atomic E-state index is 5.87. The maximum Gasteiger partial charge on any atom is 0.129 e. The first kappa shape index (κ1) is 16.2. The molecule has 3 nitrogen and oxygen atoms in total. The van der Waals surface area contributed by atoms with Gasteiger partial charge in [-0.1, -0.05) is 30.8 Å². The van der Waals surface area contributed by atoms with Crippen LogP contribution in [0.5, 0.6) is 5.75 Å². The summed E-state index contributed by atoms with van der Waals surface area (Å²) in [6.45, 7) is 6.46. The summed E-state index contributed by atoms with van der Waals surface area (Å²) in [6, 6.07) is 9.10. The van der Waals surface area contributed by atoms with Crippen LogP contribution in [0.2, 0.25) is 0 Å². The Hall–Kier alpha value is -1.13. The second kappa shape index (κ2) is 7.76. The van der Waals surface area contributed by atoms with Crippen molar-refractivity contribution < 1.29 is 4.74 Å². The van der Waals surface area contributed by atoms with E-state index in [1.165, 1.54) is 19.3 Å². The van der Waals surface area contributed by atoms with Crippen molar-refractivity contribution in [2.45, 2.75) is 51.6 Å². The van der Waals surface area contributed by atoms with Gasteiger partial charge in [-0.2, -0.15) is 0 Å². The molecule has 0 amide bonds. The number of nitrogens with zero attached hydrogens (tertiary/aromatic N) is 1. The number of hydrogen-bond donors (Lipinski definition) is 1. The average molecular weight is 306 g/mol. The third kappa shape index (κ3) is 4.42. The van der Waals surface area contributed by atoms with Gasteiger partial charge >= 0.3 is 0 Å². The van der Waals surface area contributed by atoms with Crippen LogP contribution in [0.25, 0.3) is 0 Å². The molecule has 2 rings (SSSR count). The summed E-state index contributed by atoms with van der Waals surface area (Å²) in [5, 5.41) is 0. The number of thiocarbonyl (C=S) groups is 1. The highest BCUT2D eigenvalue weighted by atomic mass is 32.1. The number of rotatable bonds is 6. The van der Waals surface area contributed by atoms with Gasteiger partial charge in [-0.15, -0.1) is 0 Å². The van der Waals surface area contributed by atoms with Crippen LogP contribution >= 0.6 is 12.2 Å². The molecule has 1 aromatic carbocycles. The summed E-state index contributed by atoms with van der Waals surface area (Å²) in [4.78, 5) is 3.00. The number of ether oxygens (including phenoxy) is 1. The van der Waals surface area contributed by atoms with Gasteiger partial charge in [-0.3, -0.25) is 4.90 Å². The van der Waals surface area contributed by atoms with E-state index in [2.05, 4.69) is 18.7 Å². The fourth-order valence-electron chi connectivity index (χ4n) is 3.14. The van der Waals surface area contributed by atoms with Crippen LogP contribution < -0.4 is 10.5 Å². The van der Waals surface area contributed by atoms with Gasteiger partial charge in [0.15, 0.2) is 0 Å². The maximum atomic E-state index is 5.87. The van der Waals surface area contributed by atoms with E-state index in [-0.39, 0.29) is 0 Å². The van der Waals surface area contributed by atoms with Crippen LogP contribution in [-0.4, -0.2) is 35.1 Å². The molecule has 21 heavy (non-hydrogen) atoms. The first-order valence-electron chi connectivity index (χ1n) is 7.87. The Morgan fingerprint density at radius 3 is 2.62 bits per heavy atom. The summed E-state index contributed by atoms with van der Waals surface area (Å²) in [6.07, 6.45) is 5.02. The second-order valence-corrected chi connectivity index (χ2v) is 6.37. The first-order chi connectivity index (χ1) is 10.1. The van der Waals surface area contributed by atoms with Gasteiger partial charge in [0.2, 0.25) is 0 Å². The van der Waals surface area contributed by atoms with Gasteiger partial charge < -0.3 is 10.5 Å². The molecule has 0 unspecified atom stereocenters. The Morgan fingerprint density at radius 1 is 1.29 bits per heavy atom. The standard InChI is InChI=1S/C17H26N2OS/c1-13-7-5-8-14(2)19(13)11-6-12-20-16-10-4-3-9-15(16)17(18)21/h3-4,9-10,13-14H,5-8,11-12H2,1-2H3,(H2,18,21)/t13-,14+. The highest BCUT2D eigenvalue weighted by molar-refractivity contribution is 7.80. The van der Waals surface area contributed by atoms with E-state index in [4.69, 9.17) is 22.7 Å². The fraction of sp³-hybridized carbons (Fsp3) is 0.588. The van der Waals surface area contributed by atoms with E-state index in [0.29, 0.717) is 23.7 Å². The number of piperidine rings is 1. The molecule has 0 radical (unpaired) electrons. The minimum Gasteiger partial charge on any atom is -0.493 e. The molecule has 1 aliphatic rings. The van der Waals surface area contributed by atoms with Gasteiger partial charge in [0, 0.05) is 18.6 Å². The minimum atomic E-state index is 0.392. The molecular weight excluding hydrogens is 280 g/mol. The van der Waals surface area contributed by atoms with Crippen molar-refractivity contribution in [1.82, 2.24) is 4.90 Å². The lowest BCUT2D eigenvalue weighted by atomic mass is 9.97. The molecule has 0 bridgehead atoms. The Balaban J connectivity index is 1.81. The van der Waals surface area contributed by atoms with Crippen LogP contribution in [0.1, 0.15) is 45.1 Å². The minimum absolute atomic E-state index is 0.392. The molecule has 1 fully saturated rings. The molecule has 1 aliphatic heterocycles. The van der Waals surface area contributed by atoms with E-state index in [0.717, 1.165) is 24.3 Å². The lowest BCUT2D eigenvalue weighted by molar-refractivity contribution is 0.0961. The van der Waals surface area contributed by atoms with E-state index in [1.54, 1.807) is 0 Å². The number of para-hydroxylation sites is 1. The average Bonchev–Trinajstić information content (AvgIpc) is 2.46. The Bertz CT molecular complexity index is 468. The van der Waals surface area contributed by atoms with Crippen LogP contribution in [-0.2, 0) is 0 Å². The topological polar surface area (TPSA) is 38.5 Å². The van der Waals surface area contributed by atoms with Crippen molar-refractivity contribution in [3.8, 4) is 5.75 Å². The molecule has 1 heterocycles. The van der Waals surface area contributed by atoms with Crippen molar-refractivity contribution in [3.63, 3.8) is 0 Å². The fourth-order valence-corrected chi connectivity index (χ4v) is 3.31. The molecule has 0 saturated carbocycles. The van der Waals surface area contributed by atoms with Crippen molar-refractivity contribution in [2.75, 3.05) is 13.2 Å². The summed E-state index contributed by atoms with van der Waals surface area (Å²) < 4.78 is 5.87. The molecule has 2 N–H and O–H groups in total. The highest BCUT2D eigenvalue weighted by Crippen LogP contribution is 2.23. The molecule has 1 saturated heterocycles. The molecule has 0 spiro atoms. The van der Waals surface area contributed by atoms with Crippen LogP contribution in [0.15, 0.2) is 24.3 Å². The highest BCUT2D eigenvalue weighted by Gasteiger charge is 2.23. The second-order valence-electron chi connectivity index (χ2n) is 5.93. The molecule has 116 valence electrons. The van der Waals surface area contributed by atoms with Crippen LogP contribution in [0, 0.1) is 0 Å². The van der Waals surface area contributed by atoms with E-state index in [1.807, 2.05) is 24.3 Å². The Morgan fingerprint density at radius 2 is 1.95 bits per heavy atom. The third-order valence-corrected chi connectivity index (χ3v) is 4.57. The Labute approximate surface area is 133 Å². The normalized spacial score (nSPS) is 23.0. The SMILES string of the molecule is C[C@@H]1CCC[C@H](C)N1CCCOc1ccccc1C(N)=S. The van der Waals surface area contributed by atoms with Crippen molar-refractivity contribution in [3.05, 3.63) is 29.8 Å². The van der Waals surface area contributed by atoms with E-state index >= 15 is 0 Å².